The Morgan fingerprint density at radius 1 is 1.17 bits per heavy atom. The number of carbonyl (C=O) groups excluding carboxylic acids is 1. The molecule has 0 radical (unpaired) electrons. The summed E-state index contributed by atoms with van der Waals surface area (Å²) in [6, 6.07) is 0. The predicted octanol–water partition coefficient (Wildman–Crippen LogP) is 2.24. The Kier molecular flexibility index (Phi) is 0.959. The van der Waals surface area contributed by atoms with Crippen LogP contribution in [-0.2, 0) is 4.79 Å². The highest BCUT2D eigenvalue weighted by atomic mass is 16.1. The first-order valence-electron chi connectivity index (χ1n) is 4.68. The highest BCUT2D eigenvalue weighted by Gasteiger charge is 2.61. The summed E-state index contributed by atoms with van der Waals surface area (Å²) in [5.41, 5.74) is 0.223. The molecule has 1 nitrogen and oxygen atoms in total. The van der Waals surface area contributed by atoms with Crippen molar-refractivity contribution in [2.75, 3.05) is 0 Å². The Hall–Kier alpha value is -0.850. The maximum atomic E-state index is 11.7. The van der Waals surface area contributed by atoms with Crippen LogP contribution in [0, 0.1) is 10.8 Å². The molecule has 3 rings (SSSR count). The number of rotatable bonds is 0. The third-order valence-electron chi connectivity index (χ3n) is 3.96. The van der Waals surface area contributed by atoms with E-state index in [0.29, 0.717) is 5.78 Å². The normalized spacial score (nSPS) is 48.5. The maximum absolute atomic E-state index is 11.7. The van der Waals surface area contributed by atoms with E-state index in [1.165, 1.54) is 0 Å². The van der Waals surface area contributed by atoms with E-state index in [-0.39, 0.29) is 10.8 Å². The van der Waals surface area contributed by atoms with E-state index in [0.717, 1.165) is 25.7 Å². The first kappa shape index (κ1) is 6.64. The lowest BCUT2D eigenvalue weighted by atomic mass is 9.52. The Balaban J connectivity index is 2.17. The van der Waals surface area contributed by atoms with Gasteiger partial charge in [0, 0.05) is 11.8 Å². The molecule has 0 aromatic carbocycles. The molecular weight excluding hydrogens is 148 g/mol. The van der Waals surface area contributed by atoms with Crippen LogP contribution in [0.5, 0.6) is 0 Å². The molecule has 0 aromatic heterocycles. The first-order valence-corrected chi connectivity index (χ1v) is 4.68. The van der Waals surface area contributed by atoms with Gasteiger partial charge in [-0.2, -0.15) is 0 Å². The molecule has 0 amide bonds. The fourth-order valence-corrected chi connectivity index (χ4v) is 3.06. The molecule has 2 atom stereocenters. The van der Waals surface area contributed by atoms with Gasteiger partial charge in [-0.3, -0.25) is 4.79 Å². The molecule has 3 aliphatic carbocycles. The zero-order chi connectivity index (χ0) is 8.23. The van der Waals surface area contributed by atoms with Crippen molar-refractivity contribution >= 4 is 5.78 Å². The van der Waals surface area contributed by atoms with Gasteiger partial charge in [0.1, 0.15) is 5.78 Å². The van der Waals surface area contributed by atoms with Crippen molar-refractivity contribution in [1.82, 2.24) is 0 Å². The number of allylic oxidation sites excluding steroid dienone is 4. The largest absolute Gasteiger partial charge is 0.299 e. The Morgan fingerprint density at radius 2 is 2.00 bits per heavy atom. The number of carbonyl (C=O) groups is 1. The van der Waals surface area contributed by atoms with Crippen molar-refractivity contribution < 1.29 is 4.79 Å². The molecule has 0 heterocycles. The quantitative estimate of drug-likeness (QED) is 0.497. The summed E-state index contributed by atoms with van der Waals surface area (Å²) in [6.45, 7) is 0. The molecule has 1 saturated carbocycles. The number of hydrogen-bond donors (Lipinski definition) is 0. The minimum Gasteiger partial charge on any atom is -0.299 e. The fraction of sp³-hybridized carbons (Fsp3) is 0.545. The molecule has 1 fully saturated rings. The molecular formula is C11H12O. The Labute approximate surface area is 72.2 Å². The van der Waals surface area contributed by atoms with Gasteiger partial charge in [0.25, 0.3) is 0 Å². The predicted molar refractivity (Wildman–Crippen MR) is 46.6 cm³/mol. The van der Waals surface area contributed by atoms with E-state index in [1.807, 2.05) is 0 Å². The van der Waals surface area contributed by atoms with Gasteiger partial charge < -0.3 is 0 Å². The number of hydrogen-bond acceptors (Lipinski definition) is 1. The molecule has 3 aliphatic rings. The molecule has 0 bridgehead atoms. The van der Waals surface area contributed by atoms with Crippen LogP contribution in [0.15, 0.2) is 24.3 Å². The van der Waals surface area contributed by atoms with Crippen LogP contribution in [0.1, 0.15) is 25.7 Å². The average Bonchev–Trinajstić information content (AvgIpc) is 2.27. The van der Waals surface area contributed by atoms with E-state index >= 15 is 0 Å². The molecule has 12 heavy (non-hydrogen) atoms. The molecule has 2 unspecified atom stereocenters. The SMILES string of the molecule is O=C1CCC23C=CC12CC=CC3. The fourth-order valence-electron chi connectivity index (χ4n) is 3.06. The summed E-state index contributed by atoms with van der Waals surface area (Å²) in [7, 11) is 0. The molecule has 0 aromatic rings. The van der Waals surface area contributed by atoms with Gasteiger partial charge in [-0.05, 0) is 19.3 Å². The van der Waals surface area contributed by atoms with E-state index in [1.54, 1.807) is 0 Å². The summed E-state index contributed by atoms with van der Waals surface area (Å²) in [4.78, 5) is 11.7. The van der Waals surface area contributed by atoms with Crippen LogP contribution in [0.4, 0.5) is 0 Å². The summed E-state index contributed by atoms with van der Waals surface area (Å²) in [5, 5.41) is 0. The van der Waals surface area contributed by atoms with Gasteiger partial charge in [-0.25, -0.2) is 0 Å². The minimum atomic E-state index is -0.0399. The molecule has 0 spiro atoms. The lowest BCUT2D eigenvalue weighted by Crippen LogP contribution is -2.46. The van der Waals surface area contributed by atoms with Crippen LogP contribution >= 0.6 is 0 Å². The summed E-state index contributed by atoms with van der Waals surface area (Å²) in [5.74, 6) is 0.481. The monoisotopic (exact) mass is 160 g/mol. The molecule has 62 valence electrons. The van der Waals surface area contributed by atoms with Crippen molar-refractivity contribution in [3.05, 3.63) is 24.3 Å². The third kappa shape index (κ3) is 0.465. The molecule has 0 saturated heterocycles. The highest BCUT2D eigenvalue weighted by molar-refractivity contribution is 5.93. The van der Waals surface area contributed by atoms with Crippen LogP contribution in [0.3, 0.4) is 0 Å². The van der Waals surface area contributed by atoms with Gasteiger partial charge in [0.05, 0.1) is 5.41 Å². The topological polar surface area (TPSA) is 17.1 Å². The van der Waals surface area contributed by atoms with Crippen molar-refractivity contribution in [3.8, 4) is 0 Å². The lowest BCUT2D eigenvalue weighted by Gasteiger charge is -2.49. The Bertz CT molecular complexity index is 313. The zero-order valence-electron chi connectivity index (χ0n) is 7.05. The Morgan fingerprint density at radius 3 is 2.67 bits per heavy atom. The average molecular weight is 160 g/mol. The van der Waals surface area contributed by atoms with Crippen molar-refractivity contribution in [3.63, 3.8) is 0 Å². The van der Waals surface area contributed by atoms with Gasteiger partial charge in [0.2, 0.25) is 0 Å². The number of Topliss-reactive ketones (excluding diaryl/α,β-unsaturated/α-hetero) is 1. The zero-order valence-corrected chi connectivity index (χ0v) is 7.05. The molecule has 0 aliphatic heterocycles. The van der Waals surface area contributed by atoms with Gasteiger partial charge in [-0.1, -0.05) is 24.3 Å². The standard InChI is InChI=1S/C11H12O/c12-9-3-6-10-4-1-2-5-11(9,10)8-7-10/h1-2,7-8H,3-6H2. The first-order chi connectivity index (χ1) is 5.79. The summed E-state index contributed by atoms with van der Waals surface area (Å²) >= 11 is 0. The van der Waals surface area contributed by atoms with Crippen LogP contribution in [0.25, 0.3) is 0 Å². The lowest BCUT2D eigenvalue weighted by molar-refractivity contribution is -0.127. The van der Waals surface area contributed by atoms with E-state index in [9.17, 15) is 4.79 Å². The summed E-state index contributed by atoms with van der Waals surface area (Å²) < 4.78 is 0. The smallest absolute Gasteiger partial charge is 0.144 e. The van der Waals surface area contributed by atoms with E-state index < -0.39 is 0 Å². The maximum Gasteiger partial charge on any atom is 0.144 e. The van der Waals surface area contributed by atoms with Gasteiger partial charge in [0.15, 0.2) is 0 Å². The van der Waals surface area contributed by atoms with Crippen LogP contribution in [0.2, 0.25) is 0 Å². The second kappa shape index (κ2) is 1.73. The minimum absolute atomic E-state index is 0.0399. The van der Waals surface area contributed by atoms with Crippen LogP contribution < -0.4 is 0 Å². The second-order valence-corrected chi connectivity index (χ2v) is 4.26. The van der Waals surface area contributed by atoms with Crippen molar-refractivity contribution in [2.45, 2.75) is 25.7 Å². The molecule has 0 N–H and O–H groups in total. The highest BCUT2D eigenvalue weighted by Crippen LogP contribution is 2.64. The van der Waals surface area contributed by atoms with E-state index in [4.69, 9.17) is 0 Å². The molecule has 1 heteroatoms. The third-order valence-corrected chi connectivity index (χ3v) is 3.96. The van der Waals surface area contributed by atoms with Gasteiger partial charge in [-0.15, -0.1) is 0 Å². The second-order valence-electron chi connectivity index (χ2n) is 4.26. The van der Waals surface area contributed by atoms with E-state index in [2.05, 4.69) is 24.3 Å². The van der Waals surface area contributed by atoms with Crippen molar-refractivity contribution in [2.24, 2.45) is 10.8 Å². The summed E-state index contributed by atoms with van der Waals surface area (Å²) in [6.07, 6.45) is 12.8. The van der Waals surface area contributed by atoms with Crippen LogP contribution in [-0.4, -0.2) is 5.78 Å². The van der Waals surface area contributed by atoms with Crippen molar-refractivity contribution in [1.29, 1.82) is 0 Å². The number of ketones is 1. The van der Waals surface area contributed by atoms with Gasteiger partial charge >= 0.3 is 0 Å².